The number of hydrogen-bond acceptors (Lipinski definition) is 3. The van der Waals surface area contributed by atoms with Gasteiger partial charge in [-0.2, -0.15) is 0 Å². The second-order valence-electron chi connectivity index (χ2n) is 5.38. The van der Waals surface area contributed by atoms with Gasteiger partial charge in [-0.3, -0.25) is 0 Å². The number of thioether (sulfide) groups is 1. The number of hydrogen-bond donors (Lipinski definition) is 1. The van der Waals surface area contributed by atoms with E-state index < -0.39 is 10.0 Å². The molecule has 0 aliphatic carbocycles. The zero-order valence-corrected chi connectivity index (χ0v) is 14.5. The Morgan fingerprint density at radius 3 is 2.70 bits per heavy atom. The van der Waals surface area contributed by atoms with Gasteiger partial charge in [-0.1, -0.05) is 23.7 Å². The molecular formula is C16H15ClFNO2S2. The minimum absolute atomic E-state index is 0.174. The standard InChI is InChI=1S/C16H15ClFNO2S2/c17-12-3-6-16-14(9-12)15(7-8-22-16)19-23(20,21)10-11-1-4-13(18)5-2-11/h1-6,9,15,19H,7-8,10H2. The molecule has 7 heteroatoms. The van der Waals surface area contributed by atoms with Crippen LogP contribution in [0.5, 0.6) is 0 Å². The van der Waals surface area contributed by atoms with Crippen LogP contribution in [0.4, 0.5) is 4.39 Å². The summed E-state index contributed by atoms with van der Waals surface area (Å²) in [7, 11) is -3.53. The highest BCUT2D eigenvalue weighted by Crippen LogP contribution is 2.37. The fourth-order valence-corrected chi connectivity index (χ4v) is 5.23. The van der Waals surface area contributed by atoms with E-state index in [-0.39, 0.29) is 17.6 Å². The maximum atomic E-state index is 12.9. The maximum Gasteiger partial charge on any atom is 0.216 e. The smallest absolute Gasteiger partial charge is 0.212 e. The van der Waals surface area contributed by atoms with Gasteiger partial charge in [0.05, 0.1) is 5.75 Å². The van der Waals surface area contributed by atoms with Crippen LogP contribution in [-0.4, -0.2) is 14.2 Å². The minimum Gasteiger partial charge on any atom is -0.212 e. The molecule has 1 aliphatic heterocycles. The van der Waals surface area contributed by atoms with Crippen molar-refractivity contribution in [1.29, 1.82) is 0 Å². The summed E-state index contributed by atoms with van der Waals surface area (Å²) in [6, 6.07) is 10.7. The van der Waals surface area contributed by atoms with Crippen molar-refractivity contribution in [1.82, 2.24) is 4.72 Å². The number of fused-ring (bicyclic) bond motifs is 1. The van der Waals surface area contributed by atoms with E-state index >= 15 is 0 Å². The number of sulfonamides is 1. The number of rotatable bonds is 4. The molecule has 2 aromatic rings. The molecule has 1 N–H and O–H groups in total. The lowest BCUT2D eigenvalue weighted by Gasteiger charge is -2.26. The minimum atomic E-state index is -3.53. The van der Waals surface area contributed by atoms with Gasteiger partial charge in [0.25, 0.3) is 0 Å². The van der Waals surface area contributed by atoms with E-state index in [0.717, 1.165) is 16.2 Å². The first-order valence-corrected chi connectivity index (χ1v) is 10.1. The van der Waals surface area contributed by atoms with Crippen molar-refractivity contribution in [2.24, 2.45) is 0 Å². The second kappa shape index (κ2) is 6.81. The van der Waals surface area contributed by atoms with Gasteiger partial charge in [0.2, 0.25) is 10.0 Å². The number of benzene rings is 2. The van der Waals surface area contributed by atoms with E-state index in [1.165, 1.54) is 24.3 Å². The van der Waals surface area contributed by atoms with Crippen molar-refractivity contribution in [3.8, 4) is 0 Å². The van der Waals surface area contributed by atoms with Crippen molar-refractivity contribution < 1.29 is 12.8 Å². The van der Waals surface area contributed by atoms with Crippen LogP contribution in [0.15, 0.2) is 47.4 Å². The monoisotopic (exact) mass is 371 g/mol. The fraction of sp³-hybridized carbons (Fsp3) is 0.250. The molecule has 1 heterocycles. The Labute approximate surface area is 144 Å². The van der Waals surface area contributed by atoms with Crippen molar-refractivity contribution in [2.75, 3.05) is 5.75 Å². The molecule has 0 saturated carbocycles. The summed E-state index contributed by atoms with van der Waals surface area (Å²) in [5, 5.41) is 0.592. The molecule has 0 amide bonds. The molecule has 0 spiro atoms. The summed E-state index contributed by atoms with van der Waals surface area (Å²) in [6.45, 7) is 0. The maximum absolute atomic E-state index is 12.9. The van der Waals surface area contributed by atoms with Crippen molar-refractivity contribution in [3.05, 3.63) is 64.4 Å². The summed E-state index contributed by atoms with van der Waals surface area (Å²) in [5.74, 6) is 0.289. The molecule has 1 atom stereocenters. The fourth-order valence-electron chi connectivity index (χ4n) is 2.55. The van der Waals surface area contributed by atoms with Crippen LogP contribution >= 0.6 is 23.4 Å². The SMILES string of the molecule is O=S(=O)(Cc1ccc(F)cc1)NC1CCSc2ccc(Cl)cc21. The van der Waals surface area contributed by atoms with Gasteiger partial charge < -0.3 is 0 Å². The van der Waals surface area contributed by atoms with E-state index in [1.54, 1.807) is 11.8 Å². The van der Waals surface area contributed by atoms with Crippen LogP contribution < -0.4 is 4.72 Å². The average molecular weight is 372 g/mol. The van der Waals surface area contributed by atoms with E-state index in [1.807, 2.05) is 18.2 Å². The molecule has 1 aliphatic rings. The predicted molar refractivity (Wildman–Crippen MR) is 91.7 cm³/mol. The Bertz CT molecular complexity index is 809. The quantitative estimate of drug-likeness (QED) is 0.878. The summed E-state index contributed by atoms with van der Waals surface area (Å²) < 4.78 is 40.5. The molecule has 23 heavy (non-hydrogen) atoms. The van der Waals surface area contributed by atoms with E-state index in [4.69, 9.17) is 11.6 Å². The van der Waals surface area contributed by atoms with Crippen molar-refractivity contribution in [2.45, 2.75) is 23.1 Å². The molecule has 0 fully saturated rings. The number of nitrogens with one attached hydrogen (secondary N) is 1. The summed E-state index contributed by atoms with van der Waals surface area (Å²) in [5.41, 5.74) is 1.46. The zero-order chi connectivity index (χ0) is 16.4. The molecule has 122 valence electrons. The van der Waals surface area contributed by atoms with Gasteiger partial charge in [0.1, 0.15) is 5.82 Å². The first kappa shape index (κ1) is 16.8. The lowest BCUT2D eigenvalue weighted by Crippen LogP contribution is -2.31. The van der Waals surface area contributed by atoms with Gasteiger partial charge in [-0.25, -0.2) is 17.5 Å². The highest BCUT2D eigenvalue weighted by molar-refractivity contribution is 7.99. The largest absolute Gasteiger partial charge is 0.216 e. The molecule has 0 radical (unpaired) electrons. The van der Waals surface area contributed by atoms with Crippen LogP contribution in [-0.2, 0) is 15.8 Å². The molecule has 3 rings (SSSR count). The summed E-state index contributed by atoms with van der Waals surface area (Å²) >= 11 is 7.73. The van der Waals surface area contributed by atoms with Crippen LogP contribution in [0, 0.1) is 5.82 Å². The highest BCUT2D eigenvalue weighted by Gasteiger charge is 2.25. The van der Waals surface area contributed by atoms with Crippen LogP contribution in [0.3, 0.4) is 0 Å². The normalized spacial score (nSPS) is 17.7. The molecule has 0 bridgehead atoms. The van der Waals surface area contributed by atoms with E-state index in [2.05, 4.69) is 4.72 Å². The van der Waals surface area contributed by atoms with Crippen LogP contribution in [0.2, 0.25) is 5.02 Å². The Balaban J connectivity index is 1.79. The molecular weight excluding hydrogens is 357 g/mol. The van der Waals surface area contributed by atoms with Gasteiger partial charge in [0, 0.05) is 16.0 Å². The first-order chi connectivity index (χ1) is 10.9. The van der Waals surface area contributed by atoms with E-state index in [0.29, 0.717) is 17.0 Å². The average Bonchev–Trinajstić information content (AvgIpc) is 2.50. The molecule has 3 nitrogen and oxygen atoms in total. The predicted octanol–water partition coefficient (Wildman–Crippen LogP) is 4.14. The zero-order valence-electron chi connectivity index (χ0n) is 12.1. The topological polar surface area (TPSA) is 46.2 Å². The molecule has 2 aromatic carbocycles. The van der Waals surface area contributed by atoms with Gasteiger partial charge in [0.15, 0.2) is 0 Å². The third-order valence-corrected chi connectivity index (χ3v) is 6.32. The Kier molecular flexibility index (Phi) is 4.96. The van der Waals surface area contributed by atoms with Crippen LogP contribution in [0.1, 0.15) is 23.6 Å². The summed E-state index contributed by atoms with van der Waals surface area (Å²) in [4.78, 5) is 1.05. The summed E-state index contributed by atoms with van der Waals surface area (Å²) in [6.07, 6.45) is 0.709. The number of halogens is 2. The van der Waals surface area contributed by atoms with E-state index in [9.17, 15) is 12.8 Å². The van der Waals surface area contributed by atoms with Crippen molar-refractivity contribution in [3.63, 3.8) is 0 Å². The third kappa shape index (κ3) is 4.26. The molecule has 0 aromatic heterocycles. The molecule has 0 saturated heterocycles. The Morgan fingerprint density at radius 1 is 1.22 bits per heavy atom. The first-order valence-electron chi connectivity index (χ1n) is 7.10. The second-order valence-corrected chi connectivity index (χ2v) is 8.70. The van der Waals surface area contributed by atoms with Gasteiger partial charge in [-0.15, -0.1) is 11.8 Å². The Morgan fingerprint density at radius 2 is 1.96 bits per heavy atom. The lowest BCUT2D eigenvalue weighted by molar-refractivity contribution is 0.545. The van der Waals surface area contributed by atoms with Crippen LogP contribution in [0.25, 0.3) is 0 Å². The Hall–Kier alpha value is -1.08. The van der Waals surface area contributed by atoms with Gasteiger partial charge in [-0.05, 0) is 53.6 Å². The lowest BCUT2D eigenvalue weighted by atomic mass is 10.1. The highest BCUT2D eigenvalue weighted by atomic mass is 35.5. The molecule has 1 unspecified atom stereocenters. The third-order valence-electron chi connectivity index (χ3n) is 3.60. The van der Waals surface area contributed by atoms with Gasteiger partial charge >= 0.3 is 0 Å². The van der Waals surface area contributed by atoms with Crippen molar-refractivity contribution >= 4 is 33.4 Å².